The largest absolute Gasteiger partial charge is 0.496 e. The highest BCUT2D eigenvalue weighted by Gasteiger charge is 2.56. The van der Waals surface area contributed by atoms with Crippen molar-refractivity contribution >= 4 is 11.8 Å². The quantitative estimate of drug-likeness (QED) is 0.782. The van der Waals surface area contributed by atoms with Crippen LogP contribution in [0.1, 0.15) is 32.3 Å². The minimum Gasteiger partial charge on any atom is -0.496 e. The summed E-state index contributed by atoms with van der Waals surface area (Å²) in [6, 6.07) is 7.55. The molecule has 2 N–H and O–H groups in total. The number of hydrogen-bond acceptors (Lipinski definition) is 3. The lowest BCUT2D eigenvalue weighted by Crippen LogP contribution is -2.45. The molecule has 2 amide bonds. The molecule has 1 aromatic rings. The van der Waals surface area contributed by atoms with E-state index in [-0.39, 0.29) is 17.9 Å². The average molecular weight is 290 g/mol. The van der Waals surface area contributed by atoms with Crippen LogP contribution in [0.5, 0.6) is 5.75 Å². The monoisotopic (exact) mass is 290 g/mol. The molecule has 0 unspecified atom stereocenters. The van der Waals surface area contributed by atoms with Gasteiger partial charge in [0.2, 0.25) is 11.8 Å². The number of ether oxygens (including phenoxy) is 1. The minimum absolute atomic E-state index is 0.0389. The summed E-state index contributed by atoms with van der Waals surface area (Å²) in [5, 5.41) is 5.67. The Bertz CT molecular complexity index is 536. The molecule has 0 radical (unpaired) electrons. The van der Waals surface area contributed by atoms with Gasteiger partial charge >= 0.3 is 0 Å². The normalized spacial score (nSPS) is 15.4. The molecule has 114 valence electrons. The summed E-state index contributed by atoms with van der Waals surface area (Å²) in [4.78, 5) is 24.4. The van der Waals surface area contributed by atoms with E-state index in [4.69, 9.17) is 4.74 Å². The first kappa shape index (κ1) is 15.4. The third-order valence-electron chi connectivity index (χ3n) is 3.67. The highest BCUT2D eigenvalue weighted by atomic mass is 16.5. The maximum absolute atomic E-state index is 12.3. The van der Waals surface area contributed by atoms with Gasteiger partial charge < -0.3 is 15.4 Å². The fourth-order valence-corrected chi connectivity index (χ4v) is 2.28. The summed E-state index contributed by atoms with van der Waals surface area (Å²) in [7, 11) is 1.60. The van der Waals surface area contributed by atoms with Crippen LogP contribution >= 0.6 is 0 Å². The number of carbonyl (C=O) groups is 2. The van der Waals surface area contributed by atoms with E-state index >= 15 is 0 Å². The van der Waals surface area contributed by atoms with Crippen LogP contribution in [-0.4, -0.2) is 25.0 Å². The Hall–Kier alpha value is -2.04. The number of benzene rings is 1. The van der Waals surface area contributed by atoms with Crippen molar-refractivity contribution in [2.45, 2.75) is 39.3 Å². The molecule has 1 aliphatic carbocycles. The molecule has 0 aliphatic heterocycles. The summed E-state index contributed by atoms with van der Waals surface area (Å²) < 4.78 is 5.25. The second kappa shape index (κ2) is 6.16. The van der Waals surface area contributed by atoms with Crippen LogP contribution in [0.15, 0.2) is 24.3 Å². The Morgan fingerprint density at radius 1 is 1.24 bits per heavy atom. The highest BCUT2D eigenvalue weighted by Crippen LogP contribution is 2.46. The molecule has 5 nitrogen and oxygen atoms in total. The predicted octanol–water partition coefficient (Wildman–Crippen LogP) is 1.62. The molecule has 0 heterocycles. The Morgan fingerprint density at radius 2 is 1.90 bits per heavy atom. The van der Waals surface area contributed by atoms with Gasteiger partial charge in [-0.1, -0.05) is 18.2 Å². The molecule has 0 spiro atoms. The van der Waals surface area contributed by atoms with Crippen molar-refractivity contribution in [2.24, 2.45) is 5.41 Å². The maximum Gasteiger partial charge on any atom is 0.235 e. The van der Waals surface area contributed by atoms with Crippen molar-refractivity contribution < 1.29 is 14.3 Å². The van der Waals surface area contributed by atoms with E-state index < -0.39 is 5.41 Å². The first-order valence-electron chi connectivity index (χ1n) is 7.21. The van der Waals surface area contributed by atoms with Gasteiger partial charge in [-0.15, -0.1) is 0 Å². The van der Waals surface area contributed by atoms with Crippen molar-refractivity contribution in [1.82, 2.24) is 10.6 Å². The topological polar surface area (TPSA) is 67.4 Å². The molecule has 21 heavy (non-hydrogen) atoms. The van der Waals surface area contributed by atoms with Crippen LogP contribution in [-0.2, 0) is 16.1 Å². The van der Waals surface area contributed by atoms with Crippen LogP contribution in [0.2, 0.25) is 0 Å². The number of para-hydroxylation sites is 1. The smallest absolute Gasteiger partial charge is 0.235 e. The van der Waals surface area contributed by atoms with E-state index in [1.165, 1.54) is 0 Å². The zero-order chi connectivity index (χ0) is 15.5. The van der Waals surface area contributed by atoms with Crippen LogP contribution < -0.4 is 15.4 Å². The lowest BCUT2D eigenvalue weighted by atomic mass is 10.0. The van der Waals surface area contributed by atoms with E-state index in [0.717, 1.165) is 11.3 Å². The number of nitrogens with one attached hydrogen (secondary N) is 2. The molecule has 1 saturated carbocycles. The van der Waals surface area contributed by atoms with Gasteiger partial charge in [-0.05, 0) is 32.8 Å². The Morgan fingerprint density at radius 3 is 2.48 bits per heavy atom. The fraction of sp³-hybridized carbons (Fsp3) is 0.500. The number of rotatable bonds is 6. The van der Waals surface area contributed by atoms with Gasteiger partial charge in [0, 0.05) is 18.2 Å². The highest BCUT2D eigenvalue weighted by molar-refractivity contribution is 6.07. The first-order valence-corrected chi connectivity index (χ1v) is 7.21. The lowest BCUT2D eigenvalue weighted by molar-refractivity contribution is -0.137. The summed E-state index contributed by atoms with van der Waals surface area (Å²) in [6.45, 7) is 4.14. The summed E-state index contributed by atoms with van der Waals surface area (Å²) >= 11 is 0. The maximum atomic E-state index is 12.3. The van der Waals surface area contributed by atoms with E-state index in [9.17, 15) is 9.59 Å². The minimum atomic E-state index is -0.869. The molecule has 0 atom stereocenters. The summed E-state index contributed by atoms with van der Waals surface area (Å²) in [5.41, 5.74) is 0.0279. The molecule has 0 saturated heterocycles. The molecule has 5 heteroatoms. The molecule has 0 aromatic heterocycles. The number of methoxy groups -OCH3 is 1. The molecular formula is C16H22N2O3. The van der Waals surface area contributed by atoms with Crippen LogP contribution in [0.4, 0.5) is 0 Å². The second-order valence-corrected chi connectivity index (χ2v) is 5.70. The van der Waals surface area contributed by atoms with Gasteiger partial charge in [-0.2, -0.15) is 0 Å². The average Bonchev–Trinajstić information content (AvgIpc) is 3.26. The Kier molecular flexibility index (Phi) is 4.50. The van der Waals surface area contributed by atoms with Gasteiger partial charge in [0.05, 0.1) is 7.11 Å². The van der Waals surface area contributed by atoms with Crippen molar-refractivity contribution in [3.8, 4) is 5.75 Å². The predicted molar refractivity (Wildman–Crippen MR) is 79.8 cm³/mol. The molecule has 1 aliphatic rings. The third kappa shape index (κ3) is 3.35. The molecule has 1 fully saturated rings. The van der Waals surface area contributed by atoms with Crippen molar-refractivity contribution in [2.75, 3.05) is 7.11 Å². The molecular weight excluding hydrogens is 268 g/mol. The first-order chi connectivity index (χ1) is 9.99. The SMILES string of the molecule is COc1ccccc1CNC(=O)C1(C(=O)NC(C)C)CC1. The van der Waals surface area contributed by atoms with Gasteiger partial charge in [-0.25, -0.2) is 0 Å². The zero-order valence-corrected chi connectivity index (χ0v) is 12.7. The Balaban J connectivity index is 1.97. The fourth-order valence-electron chi connectivity index (χ4n) is 2.28. The van der Waals surface area contributed by atoms with E-state index in [0.29, 0.717) is 19.4 Å². The van der Waals surface area contributed by atoms with Crippen molar-refractivity contribution in [3.63, 3.8) is 0 Å². The number of hydrogen-bond donors (Lipinski definition) is 2. The zero-order valence-electron chi connectivity index (χ0n) is 12.7. The van der Waals surface area contributed by atoms with Crippen molar-refractivity contribution in [1.29, 1.82) is 0 Å². The van der Waals surface area contributed by atoms with Gasteiger partial charge in [-0.3, -0.25) is 9.59 Å². The van der Waals surface area contributed by atoms with Crippen LogP contribution in [0.25, 0.3) is 0 Å². The molecule has 2 rings (SSSR count). The summed E-state index contributed by atoms with van der Waals surface area (Å²) in [5.74, 6) is 0.357. The van der Waals surface area contributed by atoms with Gasteiger partial charge in [0.1, 0.15) is 11.2 Å². The summed E-state index contributed by atoms with van der Waals surface area (Å²) in [6.07, 6.45) is 1.23. The lowest BCUT2D eigenvalue weighted by Gasteiger charge is -2.17. The molecule has 1 aromatic carbocycles. The van der Waals surface area contributed by atoms with E-state index in [1.54, 1.807) is 7.11 Å². The standard InChI is InChI=1S/C16H22N2O3/c1-11(2)18-15(20)16(8-9-16)14(19)17-10-12-6-4-5-7-13(12)21-3/h4-7,11H,8-10H2,1-3H3,(H,17,19)(H,18,20). The number of carbonyl (C=O) groups excluding carboxylic acids is 2. The second-order valence-electron chi connectivity index (χ2n) is 5.70. The third-order valence-corrected chi connectivity index (χ3v) is 3.67. The van der Waals surface area contributed by atoms with E-state index in [1.807, 2.05) is 38.1 Å². The Labute approximate surface area is 125 Å². The van der Waals surface area contributed by atoms with Crippen LogP contribution in [0.3, 0.4) is 0 Å². The van der Waals surface area contributed by atoms with E-state index in [2.05, 4.69) is 10.6 Å². The van der Waals surface area contributed by atoms with Crippen molar-refractivity contribution in [3.05, 3.63) is 29.8 Å². The van der Waals surface area contributed by atoms with Crippen LogP contribution in [0, 0.1) is 5.41 Å². The van der Waals surface area contributed by atoms with Gasteiger partial charge in [0.25, 0.3) is 0 Å². The van der Waals surface area contributed by atoms with Gasteiger partial charge in [0.15, 0.2) is 0 Å². The molecule has 0 bridgehead atoms. The number of amides is 2.